The number of aliphatic carboxylic acids is 1. The summed E-state index contributed by atoms with van der Waals surface area (Å²) in [6, 6.07) is 3.41. The number of carbonyl (C=O) groups is 2. The van der Waals surface area contributed by atoms with Crippen LogP contribution in [-0.2, 0) is 23.2 Å². The van der Waals surface area contributed by atoms with Crippen molar-refractivity contribution in [2.75, 3.05) is 19.6 Å². The van der Waals surface area contributed by atoms with Crippen LogP contribution in [0, 0.1) is 16.7 Å². The van der Waals surface area contributed by atoms with E-state index in [4.69, 9.17) is 5.26 Å². The molecule has 1 unspecified atom stereocenters. The lowest BCUT2D eigenvalue weighted by molar-refractivity contribution is -0.147. The molecule has 1 amide bonds. The SMILES string of the molecule is CC(=O)N1CC2(CCN(Cc3cc(C#N)n(C)c3)CC2)CC1C(=O)O. The summed E-state index contributed by atoms with van der Waals surface area (Å²) in [5.41, 5.74) is 1.70. The molecule has 3 rings (SSSR count). The van der Waals surface area contributed by atoms with Crippen molar-refractivity contribution in [3.63, 3.8) is 0 Å². The van der Waals surface area contributed by atoms with Crippen LogP contribution in [0.4, 0.5) is 0 Å². The molecule has 1 N–H and O–H groups in total. The van der Waals surface area contributed by atoms with Gasteiger partial charge in [-0.25, -0.2) is 4.79 Å². The van der Waals surface area contributed by atoms with Crippen LogP contribution in [-0.4, -0.2) is 57.0 Å². The van der Waals surface area contributed by atoms with E-state index in [0.717, 1.165) is 38.0 Å². The van der Waals surface area contributed by atoms with Gasteiger partial charge >= 0.3 is 5.97 Å². The van der Waals surface area contributed by atoms with Crippen molar-refractivity contribution in [2.24, 2.45) is 12.5 Å². The standard InChI is InChI=1S/C18H24N4O3/c1-13(23)22-12-18(8-16(22)17(24)25)3-5-21(6-4-18)11-14-7-15(9-19)20(2)10-14/h7,10,16H,3-6,8,11-12H2,1-2H3,(H,24,25). The summed E-state index contributed by atoms with van der Waals surface area (Å²) in [7, 11) is 1.87. The maximum atomic E-state index is 11.8. The highest BCUT2D eigenvalue weighted by Crippen LogP contribution is 2.43. The molecule has 134 valence electrons. The highest BCUT2D eigenvalue weighted by Gasteiger charge is 2.49. The zero-order valence-electron chi connectivity index (χ0n) is 14.7. The molecule has 2 fully saturated rings. The van der Waals surface area contributed by atoms with Crippen LogP contribution >= 0.6 is 0 Å². The summed E-state index contributed by atoms with van der Waals surface area (Å²) in [6.07, 6.45) is 4.34. The van der Waals surface area contributed by atoms with Gasteiger partial charge in [0.1, 0.15) is 17.8 Å². The van der Waals surface area contributed by atoms with Gasteiger partial charge in [0.25, 0.3) is 0 Å². The van der Waals surface area contributed by atoms with Crippen LogP contribution in [0.3, 0.4) is 0 Å². The van der Waals surface area contributed by atoms with Gasteiger partial charge in [-0.1, -0.05) is 0 Å². The van der Waals surface area contributed by atoms with E-state index in [-0.39, 0.29) is 11.3 Å². The molecule has 2 saturated heterocycles. The van der Waals surface area contributed by atoms with Crippen molar-refractivity contribution in [2.45, 2.75) is 38.8 Å². The molecule has 2 aliphatic rings. The van der Waals surface area contributed by atoms with Crippen molar-refractivity contribution in [3.8, 4) is 6.07 Å². The number of nitriles is 1. The first-order valence-corrected chi connectivity index (χ1v) is 8.61. The third-order valence-corrected chi connectivity index (χ3v) is 5.70. The molecule has 0 radical (unpaired) electrons. The molecule has 7 nitrogen and oxygen atoms in total. The maximum absolute atomic E-state index is 11.8. The second kappa shape index (κ2) is 6.52. The molecule has 0 aliphatic carbocycles. The Morgan fingerprint density at radius 1 is 1.40 bits per heavy atom. The van der Waals surface area contributed by atoms with E-state index < -0.39 is 12.0 Å². The number of aryl methyl sites for hydroxylation is 1. The fourth-order valence-corrected chi connectivity index (χ4v) is 4.24. The molecule has 25 heavy (non-hydrogen) atoms. The van der Waals surface area contributed by atoms with E-state index in [1.807, 2.05) is 23.9 Å². The Bertz CT molecular complexity index is 701. The van der Waals surface area contributed by atoms with Gasteiger partial charge in [0.05, 0.1) is 0 Å². The van der Waals surface area contributed by atoms with E-state index in [1.54, 1.807) is 0 Å². The number of amides is 1. The zero-order chi connectivity index (χ0) is 18.2. The smallest absolute Gasteiger partial charge is 0.326 e. The van der Waals surface area contributed by atoms with Gasteiger partial charge in [-0.15, -0.1) is 0 Å². The van der Waals surface area contributed by atoms with Gasteiger partial charge in [-0.05, 0) is 49.4 Å². The van der Waals surface area contributed by atoms with Gasteiger partial charge in [-0.2, -0.15) is 5.26 Å². The van der Waals surface area contributed by atoms with Crippen LogP contribution in [0.2, 0.25) is 0 Å². The van der Waals surface area contributed by atoms with Crippen molar-refractivity contribution in [1.29, 1.82) is 5.26 Å². The van der Waals surface area contributed by atoms with Crippen molar-refractivity contribution in [1.82, 2.24) is 14.4 Å². The monoisotopic (exact) mass is 344 g/mol. The quantitative estimate of drug-likeness (QED) is 0.889. The minimum Gasteiger partial charge on any atom is -0.480 e. The molecular weight excluding hydrogens is 320 g/mol. The van der Waals surface area contributed by atoms with E-state index in [2.05, 4.69) is 11.0 Å². The first-order chi connectivity index (χ1) is 11.8. The normalized spacial score (nSPS) is 22.9. The van der Waals surface area contributed by atoms with Crippen LogP contribution in [0.5, 0.6) is 0 Å². The molecule has 1 aromatic heterocycles. The number of carboxylic acids is 1. The van der Waals surface area contributed by atoms with Crippen LogP contribution in [0.1, 0.15) is 37.4 Å². The predicted molar refractivity (Wildman–Crippen MR) is 90.5 cm³/mol. The van der Waals surface area contributed by atoms with E-state index in [0.29, 0.717) is 18.7 Å². The minimum absolute atomic E-state index is 0.0697. The summed E-state index contributed by atoms with van der Waals surface area (Å²) in [5.74, 6) is -1.05. The first-order valence-electron chi connectivity index (χ1n) is 8.61. The summed E-state index contributed by atoms with van der Waals surface area (Å²) in [4.78, 5) is 27.1. The lowest BCUT2D eigenvalue weighted by atomic mass is 9.76. The Morgan fingerprint density at radius 3 is 2.56 bits per heavy atom. The van der Waals surface area contributed by atoms with Crippen molar-refractivity contribution < 1.29 is 14.7 Å². The number of hydrogen-bond acceptors (Lipinski definition) is 4. The predicted octanol–water partition coefficient (Wildman–Crippen LogP) is 1.18. The number of carboxylic acid groups (broad SMARTS) is 1. The number of nitrogens with zero attached hydrogens (tertiary/aromatic N) is 4. The number of piperidine rings is 1. The average molecular weight is 344 g/mol. The van der Waals surface area contributed by atoms with Gasteiger partial charge in [0, 0.05) is 33.3 Å². The molecule has 1 atom stereocenters. The number of hydrogen-bond donors (Lipinski definition) is 1. The third kappa shape index (κ3) is 3.40. The van der Waals surface area contributed by atoms with Gasteiger partial charge < -0.3 is 14.6 Å². The molecule has 7 heteroatoms. The number of likely N-dealkylation sites (tertiary alicyclic amines) is 2. The third-order valence-electron chi connectivity index (χ3n) is 5.70. The topological polar surface area (TPSA) is 89.6 Å². The molecule has 0 aromatic carbocycles. The molecule has 0 saturated carbocycles. The summed E-state index contributed by atoms with van der Waals surface area (Å²) >= 11 is 0. The fourth-order valence-electron chi connectivity index (χ4n) is 4.24. The second-order valence-electron chi connectivity index (χ2n) is 7.44. The minimum atomic E-state index is -0.900. The molecule has 1 spiro atoms. The van der Waals surface area contributed by atoms with Gasteiger partial charge in [-0.3, -0.25) is 9.69 Å². The van der Waals surface area contributed by atoms with E-state index >= 15 is 0 Å². The zero-order valence-corrected chi connectivity index (χ0v) is 14.7. The molecule has 3 heterocycles. The number of rotatable bonds is 3. The largest absolute Gasteiger partial charge is 0.480 e. The van der Waals surface area contributed by atoms with Crippen LogP contribution in [0.25, 0.3) is 0 Å². The highest BCUT2D eigenvalue weighted by molar-refractivity contribution is 5.83. The van der Waals surface area contributed by atoms with Crippen molar-refractivity contribution >= 4 is 11.9 Å². The highest BCUT2D eigenvalue weighted by atomic mass is 16.4. The molecule has 2 aliphatic heterocycles. The summed E-state index contributed by atoms with van der Waals surface area (Å²) in [6.45, 7) is 4.57. The van der Waals surface area contributed by atoms with Gasteiger partial charge in [0.2, 0.25) is 5.91 Å². The number of aromatic nitrogens is 1. The van der Waals surface area contributed by atoms with Crippen LogP contribution in [0.15, 0.2) is 12.3 Å². The Balaban J connectivity index is 1.62. The van der Waals surface area contributed by atoms with E-state index in [9.17, 15) is 14.7 Å². The Kier molecular flexibility index (Phi) is 4.56. The average Bonchev–Trinajstić information content (AvgIpc) is 3.11. The maximum Gasteiger partial charge on any atom is 0.326 e. The molecule has 0 bridgehead atoms. The summed E-state index contributed by atoms with van der Waals surface area (Å²) < 4.78 is 1.83. The fraction of sp³-hybridized carbons (Fsp3) is 0.611. The Labute approximate surface area is 147 Å². The van der Waals surface area contributed by atoms with Crippen molar-refractivity contribution in [3.05, 3.63) is 23.5 Å². The molecule has 1 aromatic rings. The summed E-state index contributed by atoms with van der Waals surface area (Å²) in [5, 5.41) is 18.5. The number of carbonyl (C=O) groups excluding carboxylic acids is 1. The Morgan fingerprint density at radius 2 is 2.08 bits per heavy atom. The van der Waals surface area contributed by atoms with Gasteiger partial charge in [0.15, 0.2) is 0 Å². The van der Waals surface area contributed by atoms with Crippen LogP contribution < -0.4 is 0 Å². The lowest BCUT2D eigenvalue weighted by Gasteiger charge is -2.39. The second-order valence-corrected chi connectivity index (χ2v) is 7.44. The van der Waals surface area contributed by atoms with E-state index in [1.165, 1.54) is 11.8 Å². The Hall–Kier alpha value is -2.33. The molecular formula is C18H24N4O3. The first kappa shape index (κ1) is 17.5. The lowest BCUT2D eigenvalue weighted by Crippen LogP contribution is -2.42.